The van der Waals surface area contributed by atoms with Crippen LogP contribution >= 0.6 is 15.9 Å². The Balaban J connectivity index is 1.88. The topological polar surface area (TPSA) is 41.1 Å². The van der Waals surface area contributed by atoms with Gasteiger partial charge in [0.2, 0.25) is 5.91 Å². The summed E-state index contributed by atoms with van der Waals surface area (Å²) in [5, 5.41) is 5.92. The van der Waals surface area contributed by atoms with Gasteiger partial charge in [0, 0.05) is 15.8 Å². The second kappa shape index (κ2) is 6.38. The van der Waals surface area contributed by atoms with Crippen LogP contribution in [0.2, 0.25) is 0 Å². The highest BCUT2D eigenvalue weighted by Crippen LogP contribution is 2.20. The lowest BCUT2D eigenvalue weighted by Gasteiger charge is -2.09. The van der Waals surface area contributed by atoms with Crippen molar-refractivity contribution < 1.29 is 4.79 Å². The van der Waals surface area contributed by atoms with Gasteiger partial charge in [-0.2, -0.15) is 0 Å². The average molecular weight is 319 g/mol. The Morgan fingerprint density at radius 1 is 1.11 bits per heavy atom. The zero-order valence-corrected chi connectivity index (χ0v) is 12.2. The largest absolute Gasteiger partial charge is 0.376 e. The summed E-state index contributed by atoms with van der Waals surface area (Å²) in [6, 6.07) is 15.3. The second-order valence-corrected chi connectivity index (χ2v) is 5.09. The van der Waals surface area contributed by atoms with E-state index >= 15 is 0 Å². The van der Waals surface area contributed by atoms with Crippen molar-refractivity contribution in [1.29, 1.82) is 0 Å². The number of nitrogens with one attached hydrogen (secondary N) is 2. The van der Waals surface area contributed by atoms with Crippen LogP contribution in [0.5, 0.6) is 0 Å². The van der Waals surface area contributed by atoms with E-state index in [2.05, 4.69) is 26.6 Å². The Hall–Kier alpha value is -1.81. The summed E-state index contributed by atoms with van der Waals surface area (Å²) in [5.41, 5.74) is 2.89. The van der Waals surface area contributed by atoms with Gasteiger partial charge in [0.05, 0.1) is 6.54 Å². The Labute approximate surface area is 121 Å². The van der Waals surface area contributed by atoms with Crippen LogP contribution in [0.25, 0.3) is 0 Å². The van der Waals surface area contributed by atoms with Gasteiger partial charge in [-0.15, -0.1) is 0 Å². The molecule has 19 heavy (non-hydrogen) atoms. The quantitative estimate of drug-likeness (QED) is 0.900. The maximum absolute atomic E-state index is 11.8. The Bertz CT molecular complexity index is 570. The van der Waals surface area contributed by atoms with Crippen LogP contribution in [0.4, 0.5) is 11.4 Å². The third kappa shape index (κ3) is 4.10. The average Bonchev–Trinajstić information content (AvgIpc) is 2.41. The van der Waals surface area contributed by atoms with E-state index in [9.17, 15) is 4.79 Å². The van der Waals surface area contributed by atoms with Gasteiger partial charge in [0.25, 0.3) is 0 Å². The number of hydrogen-bond donors (Lipinski definition) is 2. The van der Waals surface area contributed by atoms with Gasteiger partial charge in [-0.1, -0.05) is 40.2 Å². The normalized spacial score (nSPS) is 10.0. The van der Waals surface area contributed by atoms with Gasteiger partial charge in [-0.3, -0.25) is 4.79 Å². The number of rotatable bonds is 4. The highest BCUT2D eigenvalue weighted by Gasteiger charge is 2.02. The predicted octanol–water partition coefficient (Wildman–Crippen LogP) is 3.81. The Kier molecular flexibility index (Phi) is 4.58. The molecule has 2 aromatic carbocycles. The van der Waals surface area contributed by atoms with E-state index in [4.69, 9.17) is 0 Å². The predicted molar refractivity (Wildman–Crippen MR) is 82.4 cm³/mol. The van der Waals surface area contributed by atoms with Gasteiger partial charge >= 0.3 is 0 Å². The number of carbonyl (C=O) groups excluding carboxylic acids is 1. The summed E-state index contributed by atoms with van der Waals surface area (Å²) < 4.78 is 1.03. The first kappa shape index (κ1) is 13.6. The molecule has 2 N–H and O–H groups in total. The molecule has 0 bridgehead atoms. The lowest BCUT2D eigenvalue weighted by molar-refractivity contribution is -0.114. The highest BCUT2D eigenvalue weighted by molar-refractivity contribution is 9.10. The lowest BCUT2D eigenvalue weighted by Crippen LogP contribution is -2.21. The fraction of sp³-hybridized carbons (Fsp3) is 0.133. The monoisotopic (exact) mass is 318 g/mol. The van der Waals surface area contributed by atoms with Gasteiger partial charge in [0.15, 0.2) is 0 Å². The molecule has 0 spiro atoms. The molecule has 0 heterocycles. The Morgan fingerprint density at radius 3 is 2.53 bits per heavy atom. The van der Waals surface area contributed by atoms with E-state index in [1.807, 2.05) is 55.5 Å². The van der Waals surface area contributed by atoms with E-state index in [-0.39, 0.29) is 12.5 Å². The molecule has 2 rings (SSSR count). The zero-order chi connectivity index (χ0) is 13.7. The van der Waals surface area contributed by atoms with Gasteiger partial charge in [-0.25, -0.2) is 0 Å². The molecule has 2 aromatic rings. The molecule has 0 saturated heterocycles. The molecule has 3 nitrogen and oxygen atoms in total. The maximum Gasteiger partial charge on any atom is 0.243 e. The number of hydrogen-bond acceptors (Lipinski definition) is 2. The molecule has 0 fully saturated rings. The highest BCUT2D eigenvalue weighted by atomic mass is 79.9. The molecule has 0 saturated carbocycles. The van der Waals surface area contributed by atoms with Crippen LogP contribution in [-0.4, -0.2) is 12.5 Å². The molecule has 0 atom stereocenters. The maximum atomic E-state index is 11.8. The summed E-state index contributed by atoms with van der Waals surface area (Å²) in [7, 11) is 0. The summed E-state index contributed by atoms with van der Waals surface area (Å²) >= 11 is 3.47. The minimum absolute atomic E-state index is 0.0668. The first-order chi connectivity index (χ1) is 9.15. The minimum Gasteiger partial charge on any atom is -0.376 e. The number of carbonyl (C=O) groups is 1. The minimum atomic E-state index is -0.0668. The number of halogens is 1. The summed E-state index contributed by atoms with van der Waals surface area (Å²) in [6.45, 7) is 2.26. The van der Waals surface area contributed by atoms with Gasteiger partial charge < -0.3 is 10.6 Å². The molecule has 0 aromatic heterocycles. The molecule has 0 aliphatic heterocycles. The molecule has 1 amide bonds. The summed E-state index contributed by atoms with van der Waals surface area (Å²) in [6.07, 6.45) is 0. The van der Waals surface area contributed by atoms with E-state index in [0.717, 1.165) is 15.8 Å². The van der Waals surface area contributed by atoms with Crippen molar-refractivity contribution in [2.75, 3.05) is 17.2 Å². The van der Waals surface area contributed by atoms with Crippen LogP contribution in [0.15, 0.2) is 53.0 Å². The Morgan fingerprint density at radius 2 is 1.84 bits per heavy atom. The lowest BCUT2D eigenvalue weighted by atomic mass is 10.2. The van der Waals surface area contributed by atoms with Gasteiger partial charge in [-0.05, 0) is 36.8 Å². The first-order valence-corrected chi connectivity index (χ1v) is 6.79. The molecule has 0 radical (unpaired) electrons. The number of benzene rings is 2. The molecule has 0 unspecified atom stereocenters. The molecular weight excluding hydrogens is 304 g/mol. The fourth-order valence-corrected chi connectivity index (χ4v) is 1.99. The van der Waals surface area contributed by atoms with Crippen LogP contribution < -0.4 is 10.6 Å². The van der Waals surface area contributed by atoms with Crippen LogP contribution in [0.3, 0.4) is 0 Å². The van der Waals surface area contributed by atoms with Crippen LogP contribution in [-0.2, 0) is 4.79 Å². The summed E-state index contributed by atoms with van der Waals surface area (Å²) in [4.78, 5) is 11.8. The number of anilines is 2. The van der Waals surface area contributed by atoms with E-state index in [0.29, 0.717) is 0 Å². The third-order valence-electron chi connectivity index (χ3n) is 2.68. The van der Waals surface area contributed by atoms with E-state index in [1.54, 1.807) is 0 Å². The van der Waals surface area contributed by atoms with Crippen molar-refractivity contribution in [2.45, 2.75) is 6.92 Å². The van der Waals surface area contributed by atoms with Crippen LogP contribution in [0.1, 0.15) is 5.56 Å². The van der Waals surface area contributed by atoms with Crippen molar-refractivity contribution in [1.82, 2.24) is 0 Å². The first-order valence-electron chi connectivity index (χ1n) is 6.00. The van der Waals surface area contributed by atoms with Crippen molar-refractivity contribution in [2.24, 2.45) is 0 Å². The SMILES string of the molecule is Cc1ccc(NCC(=O)Nc2ccccc2)cc1Br. The van der Waals surface area contributed by atoms with E-state index in [1.165, 1.54) is 5.56 Å². The second-order valence-electron chi connectivity index (χ2n) is 4.23. The van der Waals surface area contributed by atoms with Crippen LogP contribution in [0, 0.1) is 6.92 Å². The molecule has 0 aliphatic carbocycles. The number of aryl methyl sites for hydroxylation is 1. The van der Waals surface area contributed by atoms with E-state index < -0.39 is 0 Å². The third-order valence-corrected chi connectivity index (χ3v) is 3.54. The number of amides is 1. The molecule has 4 heteroatoms. The zero-order valence-electron chi connectivity index (χ0n) is 10.6. The van der Waals surface area contributed by atoms with Crippen molar-refractivity contribution in [3.63, 3.8) is 0 Å². The molecule has 0 aliphatic rings. The standard InChI is InChI=1S/C15H15BrN2O/c1-11-7-8-13(9-14(11)16)17-10-15(19)18-12-5-3-2-4-6-12/h2-9,17H,10H2,1H3,(H,18,19). The number of para-hydroxylation sites is 1. The molecule has 98 valence electrons. The van der Waals surface area contributed by atoms with Crippen molar-refractivity contribution in [3.8, 4) is 0 Å². The fourth-order valence-electron chi connectivity index (χ4n) is 1.61. The van der Waals surface area contributed by atoms with Gasteiger partial charge in [0.1, 0.15) is 0 Å². The molecular formula is C15H15BrN2O. The van der Waals surface area contributed by atoms with Crippen molar-refractivity contribution >= 4 is 33.2 Å². The van der Waals surface area contributed by atoms with Crippen molar-refractivity contribution in [3.05, 3.63) is 58.6 Å². The summed E-state index contributed by atoms with van der Waals surface area (Å²) in [5.74, 6) is -0.0668. The smallest absolute Gasteiger partial charge is 0.243 e.